The van der Waals surface area contributed by atoms with E-state index in [1.54, 1.807) is 0 Å². The summed E-state index contributed by atoms with van der Waals surface area (Å²) in [7, 11) is 0. The van der Waals surface area contributed by atoms with E-state index in [9.17, 15) is 9.18 Å². The van der Waals surface area contributed by atoms with Crippen LogP contribution in [0.3, 0.4) is 0 Å². The van der Waals surface area contributed by atoms with Gasteiger partial charge in [-0.1, -0.05) is 19.1 Å². The van der Waals surface area contributed by atoms with E-state index in [1.165, 1.54) is 18.3 Å². The fourth-order valence-corrected chi connectivity index (χ4v) is 3.39. The molecule has 1 aromatic carbocycles. The second-order valence-corrected chi connectivity index (χ2v) is 6.80. The number of nitrogens with two attached hydrogens (primary N) is 1. The fourth-order valence-electron chi connectivity index (χ4n) is 3.39. The van der Waals surface area contributed by atoms with E-state index in [-0.39, 0.29) is 11.2 Å². The SMILES string of the molecule is CC1(c2[nH]ncc2C(N)=O)CCN(CCc2ccc(F)cc2)CC1. The number of nitrogens with zero attached hydrogens (tertiary/aromatic N) is 2. The number of benzene rings is 1. The maximum Gasteiger partial charge on any atom is 0.252 e. The number of hydrogen-bond donors (Lipinski definition) is 2. The summed E-state index contributed by atoms with van der Waals surface area (Å²) in [5.41, 5.74) is 7.83. The van der Waals surface area contributed by atoms with Gasteiger partial charge in [0.1, 0.15) is 5.82 Å². The Balaban J connectivity index is 1.58. The number of piperidine rings is 1. The summed E-state index contributed by atoms with van der Waals surface area (Å²) in [6.07, 6.45) is 4.31. The number of H-pyrrole nitrogens is 1. The Kier molecular flexibility index (Phi) is 4.66. The van der Waals surface area contributed by atoms with Gasteiger partial charge in [0.15, 0.2) is 0 Å². The minimum atomic E-state index is -0.432. The molecule has 24 heavy (non-hydrogen) atoms. The normalized spacial score (nSPS) is 17.8. The Bertz CT molecular complexity index is 702. The fraction of sp³-hybridized carbons (Fsp3) is 0.444. The third-order valence-electron chi connectivity index (χ3n) is 5.10. The van der Waals surface area contributed by atoms with Gasteiger partial charge in [-0.15, -0.1) is 0 Å². The summed E-state index contributed by atoms with van der Waals surface area (Å²) in [6.45, 7) is 5.02. The molecule has 0 saturated carbocycles. The van der Waals surface area contributed by atoms with Crippen LogP contribution in [0.1, 0.15) is 41.4 Å². The summed E-state index contributed by atoms with van der Waals surface area (Å²) in [4.78, 5) is 13.9. The average Bonchev–Trinajstić information content (AvgIpc) is 3.07. The molecule has 1 aromatic heterocycles. The van der Waals surface area contributed by atoms with Crippen molar-refractivity contribution in [1.29, 1.82) is 0 Å². The van der Waals surface area contributed by atoms with E-state index in [0.29, 0.717) is 5.56 Å². The molecule has 2 heterocycles. The number of carbonyl (C=O) groups is 1. The van der Waals surface area contributed by atoms with Crippen LogP contribution < -0.4 is 5.73 Å². The predicted octanol–water partition coefficient (Wildman–Crippen LogP) is 2.24. The smallest absolute Gasteiger partial charge is 0.252 e. The molecular formula is C18H23FN4O. The van der Waals surface area contributed by atoms with Crippen LogP contribution in [0, 0.1) is 5.82 Å². The number of rotatable bonds is 5. The third-order valence-corrected chi connectivity index (χ3v) is 5.10. The van der Waals surface area contributed by atoms with Crippen molar-refractivity contribution < 1.29 is 9.18 Å². The van der Waals surface area contributed by atoms with Gasteiger partial charge in [-0.2, -0.15) is 5.10 Å². The molecule has 1 aliphatic heterocycles. The predicted molar refractivity (Wildman–Crippen MR) is 90.2 cm³/mol. The van der Waals surface area contributed by atoms with Gasteiger partial charge in [0.2, 0.25) is 0 Å². The lowest BCUT2D eigenvalue weighted by Crippen LogP contribution is -2.42. The molecule has 6 heteroatoms. The van der Waals surface area contributed by atoms with Gasteiger partial charge >= 0.3 is 0 Å². The number of aromatic amines is 1. The minimum Gasteiger partial charge on any atom is -0.365 e. The molecule has 0 atom stereocenters. The highest BCUT2D eigenvalue weighted by molar-refractivity contribution is 5.94. The van der Waals surface area contributed by atoms with Gasteiger partial charge in [0.25, 0.3) is 5.91 Å². The van der Waals surface area contributed by atoms with Crippen molar-refractivity contribution in [3.63, 3.8) is 0 Å². The number of amides is 1. The Morgan fingerprint density at radius 2 is 2.00 bits per heavy atom. The second kappa shape index (κ2) is 6.73. The number of carbonyl (C=O) groups excluding carboxylic acids is 1. The topological polar surface area (TPSA) is 75.0 Å². The Hall–Kier alpha value is -2.21. The molecule has 5 nitrogen and oxygen atoms in total. The van der Waals surface area contributed by atoms with Crippen molar-refractivity contribution in [2.45, 2.75) is 31.6 Å². The van der Waals surface area contributed by atoms with Crippen LogP contribution in [-0.4, -0.2) is 40.6 Å². The summed E-state index contributed by atoms with van der Waals surface area (Å²) < 4.78 is 12.9. The third kappa shape index (κ3) is 3.48. The largest absolute Gasteiger partial charge is 0.365 e. The number of aromatic nitrogens is 2. The maximum absolute atomic E-state index is 12.9. The first-order valence-electron chi connectivity index (χ1n) is 8.28. The van der Waals surface area contributed by atoms with E-state index < -0.39 is 5.91 Å². The standard InChI is InChI=1S/C18H23FN4O/c1-18(16-15(17(20)24)12-21-22-16)7-10-23(11-8-18)9-6-13-2-4-14(19)5-3-13/h2-5,12H,6-11H2,1H3,(H2,20,24)(H,21,22). The second-order valence-electron chi connectivity index (χ2n) is 6.80. The molecule has 0 aliphatic carbocycles. The van der Waals surface area contributed by atoms with Crippen LogP contribution in [0.15, 0.2) is 30.5 Å². The van der Waals surface area contributed by atoms with Crippen molar-refractivity contribution in [3.05, 3.63) is 53.1 Å². The zero-order chi connectivity index (χ0) is 17.2. The summed E-state index contributed by atoms with van der Waals surface area (Å²) >= 11 is 0. The first-order chi connectivity index (χ1) is 11.5. The number of hydrogen-bond acceptors (Lipinski definition) is 3. The van der Waals surface area contributed by atoms with Crippen molar-refractivity contribution in [3.8, 4) is 0 Å². The molecule has 0 spiro atoms. The van der Waals surface area contributed by atoms with Crippen LogP contribution in [0.4, 0.5) is 4.39 Å². The summed E-state index contributed by atoms with van der Waals surface area (Å²) in [5.74, 6) is -0.629. The molecule has 0 radical (unpaired) electrons. The Morgan fingerprint density at radius 3 is 2.62 bits per heavy atom. The van der Waals surface area contributed by atoms with Gasteiger partial charge in [-0.3, -0.25) is 9.89 Å². The average molecular weight is 330 g/mol. The maximum atomic E-state index is 12.9. The van der Waals surface area contributed by atoms with Crippen molar-refractivity contribution in [2.24, 2.45) is 5.73 Å². The molecule has 1 aliphatic rings. The van der Waals surface area contributed by atoms with Gasteiger partial charge in [0, 0.05) is 12.0 Å². The highest BCUT2D eigenvalue weighted by Crippen LogP contribution is 2.35. The van der Waals surface area contributed by atoms with E-state index >= 15 is 0 Å². The Labute approximate surface area is 141 Å². The lowest BCUT2D eigenvalue weighted by atomic mass is 9.76. The minimum absolute atomic E-state index is 0.104. The quantitative estimate of drug-likeness (QED) is 0.883. The monoisotopic (exact) mass is 330 g/mol. The van der Waals surface area contributed by atoms with Crippen LogP contribution in [0.2, 0.25) is 0 Å². The van der Waals surface area contributed by atoms with Crippen molar-refractivity contribution in [1.82, 2.24) is 15.1 Å². The van der Waals surface area contributed by atoms with E-state index in [2.05, 4.69) is 22.0 Å². The summed E-state index contributed by atoms with van der Waals surface area (Å²) in [6, 6.07) is 6.69. The van der Waals surface area contributed by atoms with Crippen LogP contribution in [0.25, 0.3) is 0 Å². The van der Waals surface area contributed by atoms with Gasteiger partial charge in [0.05, 0.1) is 17.5 Å². The Morgan fingerprint density at radius 1 is 1.33 bits per heavy atom. The van der Waals surface area contributed by atoms with E-state index in [0.717, 1.165) is 50.2 Å². The van der Waals surface area contributed by atoms with Gasteiger partial charge in [-0.05, 0) is 50.0 Å². The van der Waals surface area contributed by atoms with Gasteiger partial charge in [-0.25, -0.2) is 4.39 Å². The molecule has 128 valence electrons. The molecule has 1 saturated heterocycles. The lowest BCUT2D eigenvalue weighted by molar-refractivity contribution is 0.0994. The molecule has 3 rings (SSSR count). The number of nitrogens with one attached hydrogen (secondary N) is 1. The molecular weight excluding hydrogens is 307 g/mol. The number of primary amides is 1. The number of likely N-dealkylation sites (tertiary alicyclic amines) is 1. The molecule has 0 bridgehead atoms. The van der Waals surface area contributed by atoms with Crippen LogP contribution in [-0.2, 0) is 11.8 Å². The number of halogens is 1. The highest BCUT2D eigenvalue weighted by atomic mass is 19.1. The molecule has 2 aromatic rings. The van der Waals surface area contributed by atoms with Crippen molar-refractivity contribution >= 4 is 5.91 Å². The highest BCUT2D eigenvalue weighted by Gasteiger charge is 2.35. The zero-order valence-corrected chi connectivity index (χ0v) is 13.9. The van der Waals surface area contributed by atoms with Gasteiger partial charge < -0.3 is 10.6 Å². The molecule has 0 unspecified atom stereocenters. The lowest BCUT2D eigenvalue weighted by Gasteiger charge is -2.39. The molecule has 1 fully saturated rings. The van der Waals surface area contributed by atoms with E-state index in [1.807, 2.05) is 12.1 Å². The van der Waals surface area contributed by atoms with Crippen molar-refractivity contribution in [2.75, 3.05) is 19.6 Å². The first-order valence-corrected chi connectivity index (χ1v) is 8.28. The molecule has 1 amide bonds. The first kappa shape index (κ1) is 16.6. The van der Waals surface area contributed by atoms with Crippen LogP contribution >= 0.6 is 0 Å². The zero-order valence-electron chi connectivity index (χ0n) is 13.9. The molecule has 3 N–H and O–H groups in total. The van der Waals surface area contributed by atoms with E-state index in [4.69, 9.17) is 5.73 Å². The van der Waals surface area contributed by atoms with Crippen LogP contribution in [0.5, 0.6) is 0 Å². The summed E-state index contributed by atoms with van der Waals surface area (Å²) in [5, 5.41) is 6.97.